The normalized spacial score (nSPS) is 43.7. The molecule has 1 fully saturated rings. The van der Waals surface area contributed by atoms with E-state index in [1.54, 1.807) is 0 Å². The van der Waals surface area contributed by atoms with Crippen molar-refractivity contribution in [3.8, 4) is 0 Å². The smallest absolute Gasteiger partial charge is 0.0824 e. The first-order valence-corrected chi connectivity index (χ1v) is 4.66. The van der Waals surface area contributed by atoms with Crippen molar-refractivity contribution < 1.29 is 9.84 Å². The molecule has 54 valence electrons. The van der Waals surface area contributed by atoms with E-state index in [4.69, 9.17) is 4.74 Å². The predicted octanol–water partition coefficient (Wildman–Crippen LogP) is 0.960. The summed E-state index contributed by atoms with van der Waals surface area (Å²) in [7, 11) is 0. The number of rotatable bonds is 1. The van der Waals surface area contributed by atoms with Crippen LogP contribution in [0, 0.1) is 0 Å². The Labute approximate surface area is 68.7 Å². The Balaban J connectivity index is 2.35. The molecule has 1 N–H and O–H groups in total. The topological polar surface area (TPSA) is 29.5 Å². The number of ether oxygens (including phenoxy) is 1. The molecular weight excluding hydrogens is 231 g/mol. The molecule has 3 heteroatoms. The van der Waals surface area contributed by atoms with Crippen LogP contribution in [0.2, 0.25) is 0 Å². The van der Waals surface area contributed by atoms with Crippen LogP contribution in [0.1, 0.15) is 13.3 Å². The number of hydrogen-bond donors (Lipinski definition) is 1. The fraction of sp³-hybridized carbons (Fsp3) is 1.00. The van der Waals surface area contributed by atoms with Crippen LogP contribution in [0.5, 0.6) is 0 Å². The van der Waals surface area contributed by atoms with Crippen molar-refractivity contribution in [1.82, 2.24) is 0 Å². The molecule has 0 saturated carbocycles. The number of hydrogen-bond acceptors (Lipinski definition) is 2. The Bertz CT molecular complexity index is 87.1. The molecule has 1 aliphatic heterocycles. The summed E-state index contributed by atoms with van der Waals surface area (Å²) in [6.45, 7) is 1.91. The standard InChI is InChI=1S/C6H11IO2/c1-4-6(8)2-5(3-7)9-4/h4-6,8H,2-3H2,1H3/t4-,5-,6-/m0/s1. The maximum absolute atomic E-state index is 9.17. The average Bonchev–Trinajstić information content (AvgIpc) is 2.13. The largest absolute Gasteiger partial charge is 0.390 e. The van der Waals surface area contributed by atoms with Gasteiger partial charge in [0.05, 0.1) is 18.3 Å². The Kier molecular flexibility index (Phi) is 2.73. The Morgan fingerprint density at radius 2 is 2.44 bits per heavy atom. The van der Waals surface area contributed by atoms with Crippen LogP contribution in [0.3, 0.4) is 0 Å². The summed E-state index contributed by atoms with van der Waals surface area (Å²) >= 11 is 2.27. The molecule has 0 bridgehead atoms. The second-order valence-electron chi connectivity index (χ2n) is 2.42. The highest BCUT2D eigenvalue weighted by Crippen LogP contribution is 2.20. The van der Waals surface area contributed by atoms with E-state index in [1.807, 2.05) is 6.92 Å². The van der Waals surface area contributed by atoms with E-state index in [0.717, 1.165) is 10.8 Å². The lowest BCUT2D eigenvalue weighted by atomic mass is 10.2. The Morgan fingerprint density at radius 3 is 2.67 bits per heavy atom. The van der Waals surface area contributed by atoms with Gasteiger partial charge in [0, 0.05) is 10.8 Å². The molecule has 0 radical (unpaired) electrons. The van der Waals surface area contributed by atoms with E-state index in [-0.39, 0.29) is 18.3 Å². The van der Waals surface area contributed by atoms with Crippen LogP contribution in [-0.4, -0.2) is 27.8 Å². The van der Waals surface area contributed by atoms with Crippen molar-refractivity contribution in [1.29, 1.82) is 0 Å². The number of alkyl halides is 1. The molecule has 3 atom stereocenters. The molecular formula is C6H11IO2. The van der Waals surface area contributed by atoms with Gasteiger partial charge in [-0.25, -0.2) is 0 Å². The monoisotopic (exact) mass is 242 g/mol. The van der Waals surface area contributed by atoms with Gasteiger partial charge in [0.1, 0.15) is 0 Å². The zero-order chi connectivity index (χ0) is 6.85. The lowest BCUT2D eigenvalue weighted by Crippen LogP contribution is -2.15. The SMILES string of the molecule is C[C@@H]1O[C@H](CI)C[C@@H]1O. The van der Waals surface area contributed by atoms with Gasteiger partial charge in [-0.1, -0.05) is 22.6 Å². The molecule has 1 aliphatic rings. The van der Waals surface area contributed by atoms with Crippen molar-refractivity contribution in [2.75, 3.05) is 4.43 Å². The van der Waals surface area contributed by atoms with Gasteiger partial charge in [0.2, 0.25) is 0 Å². The lowest BCUT2D eigenvalue weighted by Gasteiger charge is -2.05. The number of aliphatic hydroxyl groups is 1. The van der Waals surface area contributed by atoms with Gasteiger partial charge in [0.25, 0.3) is 0 Å². The van der Waals surface area contributed by atoms with Crippen LogP contribution in [0.25, 0.3) is 0 Å². The second kappa shape index (κ2) is 3.16. The zero-order valence-electron chi connectivity index (χ0n) is 5.38. The van der Waals surface area contributed by atoms with Gasteiger partial charge in [0.15, 0.2) is 0 Å². The second-order valence-corrected chi connectivity index (χ2v) is 3.30. The quantitative estimate of drug-likeness (QED) is 0.548. The number of aliphatic hydroxyl groups excluding tert-OH is 1. The van der Waals surface area contributed by atoms with Gasteiger partial charge in [-0.2, -0.15) is 0 Å². The summed E-state index contributed by atoms with van der Waals surface area (Å²) in [5, 5.41) is 9.17. The first-order chi connectivity index (χ1) is 4.24. The van der Waals surface area contributed by atoms with Gasteiger partial charge >= 0.3 is 0 Å². The molecule has 0 aromatic carbocycles. The first kappa shape index (κ1) is 7.75. The molecule has 0 aromatic rings. The van der Waals surface area contributed by atoms with Gasteiger partial charge in [-0.05, 0) is 6.92 Å². The maximum Gasteiger partial charge on any atom is 0.0824 e. The van der Waals surface area contributed by atoms with Crippen molar-refractivity contribution in [3.63, 3.8) is 0 Å². The highest BCUT2D eigenvalue weighted by Gasteiger charge is 2.29. The van der Waals surface area contributed by atoms with Gasteiger partial charge in [-0.3, -0.25) is 0 Å². The van der Waals surface area contributed by atoms with Gasteiger partial charge < -0.3 is 9.84 Å². The fourth-order valence-corrected chi connectivity index (χ4v) is 1.58. The van der Waals surface area contributed by atoms with E-state index in [9.17, 15) is 5.11 Å². The van der Waals surface area contributed by atoms with Crippen LogP contribution >= 0.6 is 22.6 Å². The summed E-state index contributed by atoms with van der Waals surface area (Å²) in [6.07, 6.45) is 0.912. The van der Waals surface area contributed by atoms with E-state index in [0.29, 0.717) is 0 Å². The average molecular weight is 242 g/mol. The lowest BCUT2D eigenvalue weighted by molar-refractivity contribution is 0.0310. The molecule has 0 aromatic heterocycles. The molecule has 0 spiro atoms. The summed E-state index contributed by atoms with van der Waals surface area (Å²) in [5.74, 6) is 0. The Morgan fingerprint density at radius 1 is 1.78 bits per heavy atom. The maximum atomic E-state index is 9.17. The van der Waals surface area contributed by atoms with Crippen LogP contribution in [0.4, 0.5) is 0 Å². The summed E-state index contributed by atoms with van der Waals surface area (Å²) in [6, 6.07) is 0. The molecule has 2 nitrogen and oxygen atoms in total. The van der Waals surface area contributed by atoms with Crippen molar-refractivity contribution in [2.45, 2.75) is 31.7 Å². The van der Waals surface area contributed by atoms with Gasteiger partial charge in [-0.15, -0.1) is 0 Å². The molecule has 0 amide bonds. The highest BCUT2D eigenvalue weighted by molar-refractivity contribution is 14.1. The third kappa shape index (κ3) is 1.78. The van der Waals surface area contributed by atoms with E-state index in [1.165, 1.54) is 0 Å². The van der Waals surface area contributed by atoms with Crippen LogP contribution in [0.15, 0.2) is 0 Å². The zero-order valence-corrected chi connectivity index (χ0v) is 7.54. The van der Waals surface area contributed by atoms with Crippen molar-refractivity contribution in [3.05, 3.63) is 0 Å². The summed E-state index contributed by atoms with van der Waals surface area (Å²) in [4.78, 5) is 0. The molecule has 0 unspecified atom stereocenters. The molecule has 1 heterocycles. The van der Waals surface area contributed by atoms with E-state index in [2.05, 4.69) is 22.6 Å². The minimum atomic E-state index is -0.232. The van der Waals surface area contributed by atoms with Crippen LogP contribution < -0.4 is 0 Å². The summed E-state index contributed by atoms with van der Waals surface area (Å²) in [5.41, 5.74) is 0. The Hall–Kier alpha value is 0.650. The first-order valence-electron chi connectivity index (χ1n) is 3.13. The molecule has 0 aliphatic carbocycles. The fourth-order valence-electron chi connectivity index (χ4n) is 1.01. The predicted molar refractivity (Wildman–Crippen MR) is 43.8 cm³/mol. The minimum Gasteiger partial charge on any atom is -0.390 e. The van der Waals surface area contributed by atoms with E-state index >= 15 is 0 Å². The highest BCUT2D eigenvalue weighted by atomic mass is 127. The van der Waals surface area contributed by atoms with Crippen molar-refractivity contribution >= 4 is 22.6 Å². The third-order valence-electron chi connectivity index (χ3n) is 1.63. The van der Waals surface area contributed by atoms with Crippen LogP contribution in [-0.2, 0) is 4.74 Å². The molecule has 1 saturated heterocycles. The third-order valence-corrected chi connectivity index (χ3v) is 2.61. The summed E-state index contributed by atoms with van der Waals surface area (Å²) < 4.78 is 6.35. The minimum absolute atomic E-state index is 0.0461. The van der Waals surface area contributed by atoms with E-state index < -0.39 is 0 Å². The van der Waals surface area contributed by atoms with Crippen molar-refractivity contribution in [2.24, 2.45) is 0 Å². The molecule has 9 heavy (non-hydrogen) atoms. The molecule has 1 rings (SSSR count). The number of halogens is 1.